The number of aryl methyl sites for hydroxylation is 2. The van der Waals surface area contributed by atoms with Gasteiger partial charge in [-0.25, -0.2) is 14.7 Å². The van der Waals surface area contributed by atoms with Gasteiger partial charge in [-0.05, 0) is 62.4 Å². The highest BCUT2D eigenvalue weighted by Crippen LogP contribution is 2.48. The number of carbonyl (C=O) groups excluding carboxylic acids is 2. The van der Waals surface area contributed by atoms with Gasteiger partial charge in [0.05, 0.1) is 19.3 Å². The quantitative estimate of drug-likeness (QED) is 0.517. The zero-order valence-electron chi connectivity index (χ0n) is 18.1. The number of halogens is 1. The SMILES string of the molecule is CCOC(=O)OC1=C(c2cc(C)c(Cl)cc2C)C(=O)N(OCO)C12CCN(OC)CC2. The van der Waals surface area contributed by atoms with Crippen molar-refractivity contribution >= 4 is 29.2 Å². The lowest BCUT2D eigenvalue weighted by atomic mass is 9.85. The molecule has 10 heteroatoms. The third-order valence-corrected chi connectivity index (χ3v) is 6.06. The molecule has 170 valence electrons. The molecule has 1 saturated heterocycles. The molecule has 1 fully saturated rings. The summed E-state index contributed by atoms with van der Waals surface area (Å²) >= 11 is 6.25. The number of piperidine rings is 1. The lowest BCUT2D eigenvalue weighted by Crippen LogP contribution is -2.55. The number of nitrogens with zero attached hydrogens (tertiary/aromatic N) is 2. The van der Waals surface area contributed by atoms with E-state index in [4.69, 9.17) is 30.7 Å². The number of carbonyl (C=O) groups is 2. The highest BCUT2D eigenvalue weighted by Gasteiger charge is 2.57. The van der Waals surface area contributed by atoms with Crippen molar-refractivity contribution in [2.45, 2.75) is 39.2 Å². The van der Waals surface area contributed by atoms with E-state index in [0.29, 0.717) is 36.5 Å². The molecule has 0 aromatic heterocycles. The lowest BCUT2D eigenvalue weighted by molar-refractivity contribution is -0.256. The second-order valence-electron chi connectivity index (χ2n) is 7.41. The van der Waals surface area contributed by atoms with Crippen molar-refractivity contribution in [2.75, 3.05) is 33.6 Å². The fraction of sp³-hybridized carbons (Fsp3) is 0.524. The van der Waals surface area contributed by atoms with Crippen LogP contribution in [-0.4, -0.2) is 66.4 Å². The molecule has 1 spiro atoms. The van der Waals surface area contributed by atoms with Crippen molar-refractivity contribution < 1.29 is 33.8 Å². The molecule has 2 aliphatic rings. The van der Waals surface area contributed by atoms with Crippen LogP contribution >= 0.6 is 11.6 Å². The normalized spacial score (nSPS) is 18.8. The van der Waals surface area contributed by atoms with Crippen LogP contribution in [0.4, 0.5) is 4.79 Å². The van der Waals surface area contributed by atoms with Gasteiger partial charge in [0, 0.05) is 18.1 Å². The van der Waals surface area contributed by atoms with Gasteiger partial charge in [-0.1, -0.05) is 11.6 Å². The Kier molecular flexibility index (Phi) is 7.23. The number of hydrogen-bond donors (Lipinski definition) is 1. The number of hydrogen-bond acceptors (Lipinski definition) is 8. The predicted octanol–water partition coefficient (Wildman–Crippen LogP) is 2.96. The molecule has 0 unspecified atom stereocenters. The summed E-state index contributed by atoms with van der Waals surface area (Å²) in [5.74, 6) is -0.367. The standard InChI is InChI=1S/C21H27ClN2O7/c1-5-29-20(27)31-18-17(15-10-14(3)16(22)11-13(15)2)19(26)24(30-12-25)21(18)6-8-23(28-4)9-7-21/h10-11,25H,5-9,12H2,1-4H3. The number of rotatable bonds is 6. The average Bonchev–Trinajstić information content (AvgIpc) is 2.94. The Morgan fingerprint density at radius 2 is 1.90 bits per heavy atom. The van der Waals surface area contributed by atoms with Gasteiger partial charge >= 0.3 is 6.16 Å². The first-order chi connectivity index (χ1) is 14.8. The molecule has 0 aliphatic carbocycles. The van der Waals surface area contributed by atoms with E-state index < -0.39 is 24.4 Å². The van der Waals surface area contributed by atoms with Gasteiger partial charge in [0.2, 0.25) is 0 Å². The molecular weight excluding hydrogens is 428 g/mol. The predicted molar refractivity (Wildman–Crippen MR) is 112 cm³/mol. The number of aliphatic hydroxyl groups excluding tert-OH is 1. The molecule has 0 radical (unpaired) electrons. The molecule has 1 aromatic rings. The van der Waals surface area contributed by atoms with Crippen molar-refractivity contribution in [2.24, 2.45) is 0 Å². The molecule has 0 atom stereocenters. The molecular formula is C21H27ClN2O7. The molecule has 0 bridgehead atoms. The first-order valence-electron chi connectivity index (χ1n) is 10.0. The zero-order valence-corrected chi connectivity index (χ0v) is 18.8. The Hall–Kier alpha value is -2.17. The summed E-state index contributed by atoms with van der Waals surface area (Å²) in [7, 11) is 1.57. The maximum atomic E-state index is 13.5. The van der Waals surface area contributed by atoms with E-state index in [1.54, 1.807) is 31.2 Å². The number of benzene rings is 1. The van der Waals surface area contributed by atoms with Crippen molar-refractivity contribution in [3.63, 3.8) is 0 Å². The van der Waals surface area contributed by atoms with Gasteiger partial charge in [-0.15, -0.1) is 0 Å². The maximum Gasteiger partial charge on any atom is 0.513 e. The molecule has 1 N–H and O–H groups in total. The molecule has 1 amide bonds. The van der Waals surface area contributed by atoms with Gasteiger partial charge in [0.15, 0.2) is 12.6 Å². The van der Waals surface area contributed by atoms with E-state index in [9.17, 15) is 14.7 Å². The highest BCUT2D eigenvalue weighted by atomic mass is 35.5. The Bertz CT molecular complexity index is 894. The van der Waals surface area contributed by atoms with Crippen LogP contribution in [0.2, 0.25) is 5.02 Å². The monoisotopic (exact) mass is 454 g/mol. The molecule has 0 saturated carbocycles. The summed E-state index contributed by atoms with van der Waals surface area (Å²) in [4.78, 5) is 36.6. The Morgan fingerprint density at radius 1 is 1.23 bits per heavy atom. The zero-order chi connectivity index (χ0) is 22.8. The smallest absolute Gasteiger partial charge is 0.434 e. The topological polar surface area (TPSA) is 97.8 Å². The largest absolute Gasteiger partial charge is 0.513 e. The second kappa shape index (κ2) is 9.54. The molecule has 2 heterocycles. The number of hydroxylamine groups is 4. The van der Waals surface area contributed by atoms with Crippen LogP contribution in [0.3, 0.4) is 0 Å². The third-order valence-electron chi connectivity index (χ3n) is 5.65. The summed E-state index contributed by atoms with van der Waals surface area (Å²) < 4.78 is 10.7. The minimum Gasteiger partial charge on any atom is -0.434 e. The minimum atomic E-state index is -1.10. The Balaban J connectivity index is 2.20. The minimum absolute atomic E-state index is 0.121. The Labute approximate surface area is 186 Å². The van der Waals surface area contributed by atoms with Gasteiger partial charge in [-0.2, -0.15) is 5.06 Å². The van der Waals surface area contributed by atoms with E-state index in [0.717, 1.165) is 16.2 Å². The van der Waals surface area contributed by atoms with Crippen LogP contribution < -0.4 is 0 Å². The maximum absolute atomic E-state index is 13.5. The first-order valence-corrected chi connectivity index (χ1v) is 10.4. The van der Waals surface area contributed by atoms with Gasteiger partial charge in [0.25, 0.3) is 5.91 Å². The van der Waals surface area contributed by atoms with Crippen molar-refractivity contribution in [1.29, 1.82) is 0 Å². The van der Waals surface area contributed by atoms with Crippen LogP contribution in [0.5, 0.6) is 0 Å². The number of ether oxygens (including phenoxy) is 2. The van der Waals surface area contributed by atoms with Crippen molar-refractivity contribution in [3.05, 3.63) is 39.6 Å². The van der Waals surface area contributed by atoms with Crippen LogP contribution in [0, 0.1) is 13.8 Å². The summed E-state index contributed by atoms with van der Waals surface area (Å²) in [5, 5.41) is 12.9. The van der Waals surface area contributed by atoms with Gasteiger partial charge < -0.3 is 19.4 Å². The highest BCUT2D eigenvalue weighted by molar-refractivity contribution is 6.31. The van der Waals surface area contributed by atoms with Crippen LogP contribution in [0.15, 0.2) is 17.9 Å². The average molecular weight is 455 g/mol. The van der Waals surface area contributed by atoms with Gasteiger partial charge in [0.1, 0.15) is 5.54 Å². The molecule has 1 aromatic carbocycles. The summed E-state index contributed by atoms with van der Waals surface area (Å²) in [6.45, 7) is 5.63. The fourth-order valence-electron chi connectivity index (χ4n) is 4.09. The molecule has 9 nitrogen and oxygen atoms in total. The van der Waals surface area contributed by atoms with Gasteiger partial charge in [-0.3, -0.25) is 4.79 Å². The molecule has 2 aliphatic heterocycles. The summed E-state index contributed by atoms with van der Waals surface area (Å²) in [5.41, 5.74) is 1.16. The van der Waals surface area contributed by atoms with E-state index in [2.05, 4.69) is 0 Å². The molecule has 3 rings (SSSR count). The third kappa shape index (κ3) is 4.28. The van der Waals surface area contributed by atoms with Crippen LogP contribution in [0.25, 0.3) is 5.57 Å². The van der Waals surface area contributed by atoms with E-state index >= 15 is 0 Å². The first kappa shape index (κ1) is 23.5. The lowest BCUT2D eigenvalue weighted by Gasteiger charge is -2.43. The number of aliphatic hydroxyl groups is 1. The van der Waals surface area contributed by atoms with Crippen LogP contribution in [-0.2, 0) is 23.9 Å². The fourth-order valence-corrected chi connectivity index (χ4v) is 4.31. The van der Waals surface area contributed by atoms with E-state index in [1.165, 1.54) is 0 Å². The molecule has 31 heavy (non-hydrogen) atoms. The Morgan fingerprint density at radius 3 is 2.48 bits per heavy atom. The van der Waals surface area contributed by atoms with Crippen molar-refractivity contribution in [3.8, 4) is 0 Å². The number of amides is 1. The second-order valence-corrected chi connectivity index (χ2v) is 7.81. The van der Waals surface area contributed by atoms with E-state index in [-0.39, 0.29) is 17.9 Å². The summed E-state index contributed by atoms with van der Waals surface area (Å²) in [6.07, 6.45) is -0.196. The van der Waals surface area contributed by atoms with E-state index in [1.807, 2.05) is 13.8 Å². The van der Waals surface area contributed by atoms with Crippen LogP contribution in [0.1, 0.15) is 36.5 Å². The van der Waals surface area contributed by atoms with Crippen molar-refractivity contribution in [1.82, 2.24) is 10.1 Å². The summed E-state index contributed by atoms with van der Waals surface area (Å²) in [6, 6.07) is 3.53.